The van der Waals surface area contributed by atoms with Crippen molar-refractivity contribution in [2.45, 2.75) is 18.9 Å². The number of carbonyl (C=O) groups is 2. The summed E-state index contributed by atoms with van der Waals surface area (Å²) in [5.74, 6) is -1.82. The Morgan fingerprint density at radius 2 is 2.20 bits per heavy atom. The molecule has 1 aromatic rings. The van der Waals surface area contributed by atoms with Crippen molar-refractivity contribution in [3.63, 3.8) is 0 Å². The average Bonchev–Trinajstić information content (AvgIpc) is 2.40. The zero-order valence-electron chi connectivity index (χ0n) is 10.9. The van der Waals surface area contributed by atoms with Crippen molar-refractivity contribution < 1.29 is 23.8 Å². The van der Waals surface area contributed by atoms with Crippen LogP contribution in [0.1, 0.15) is 12.0 Å². The largest absolute Gasteiger partial charge is 0.479 e. The van der Waals surface area contributed by atoms with Gasteiger partial charge in [-0.3, -0.25) is 4.79 Å². The maximum atomic E-state index is 13.1. The van der Waals surface area contributed by atoms with Gasteiger partial charge in [-0.25, -0.2) is 9.18 Å². The van der Waals surface area contributed by atoms with Crippen LogP contribution in [0.2, 0.25) is 0 Å². The molecule has 0 fully saturated rings. The highest BCUT2D eigenvalue weighted by atomic mass is 79.9. The maximum Gasteiger partial charge on any atom is 0.334 e. The van der Waals surface area contributed by atoms with E-state index in [1.165, 1.54) is 19.2 Å². The summed E-state index contributed by atoms with van der Waals surface area (Å²) >= 11 is 3.28. The van der Waals surface area contributed by atoms with Crippen LogP contribution >= 0.6 is 15.9 Å². The van der Waals surface area contributed by atoms with Crippen LogP contribution in [0.25, 0.3) is 0 Å². The normalized spacial score (nSPS) is 11.9. The SMILES string of the molecule is COC(CNC(=O)CCc1cc(F)ccc1Br)C(=O)O. The highest BCUT2D eigenvalue weighted by Gasteiger charge is 2.17. The van der Waals surface area contributed by atoms with Gasteiger partial charge in [-0.1, -0.05) is 15.9 Å². The van der Waals surface area contributed by atoms with Crippen LogP contribution in [0.15, 0.2) is 22.7 Å². The fraction of sp³-hybridized carbons (Fsp3) is 0.385. The Morgan fingerprint density at radius 1 is 1.50 bits per heavy atom. The van der Waals surface area contributed by atoms with Crippen molar-refractivity contribution in [2.24, 2.45) is 0 Å². The summed E-state index contributed by atoms with van der Waals surface area (Å²) in [5, 5.41) is 11.2. The molecule has 7 heteroatoms. The van der Waals surface area contributed by atoms with Crippen LogP contribution in [0.4, 0.5) is 4.39 Å². The number of aliphatic carboxylic acids is 1. The van der Waals surface area contributed by atoms with Gasteiger partial charge in [-0.05, 0) is 30.2 Å². The third-order valence-electron chi connectivity index (χ3n) is 2.67. The number of carboxylic acids is 1. The molecule has 20 heavy (non-hydrogen) atoms. The van der Waals surface area contributed by atoms with Gasteiger partial charge in [0.25, 0.3) is 0 Å². The topological polar surface area (TPSA) is 75.6 Å². The number of carboxylic acid groups (broad SMARTS) is 1. The summed E-state index contributed by atoms with van der Waals surface area (Å²) in [6, 6.07) is 4.25. The molecular formula is C13H15BrFNO4. The van der Waals surface area contributed by atoms with E-state index in [1.54, 1.807) is 6.07 Å². The number of ether oxygens (including phenoxy) is 1. The van der Waals surface area contributed by atoms with E-state index in [-0.39, 0.29) is 24.7 Å². The summed E-state index contributed by atoms with van der Waals surface area (Å²) in [6.07, 6.45) is -0.577. The van der Waals surface area contributed by atoms with Crippen LogP contribution in [-0.4, -0.2) is 36.7 Å². The van der Waals surface area contributed by atoms with Crippen LogP contribution in [0.5, 0.6) is 0 Å². The molecule has 110 valence electrons. The second-order valence-electron chi connectivity index (χ2n) is 4.10. The Labute approximate surface area is 124 Å². The van der Waals surface area contributed by atoms with E-state index >= 15 is 0 Å². The van der Waals surface area contributed by atoms with E-state index in [2.05, 4.69) is 26.0 Å². The number of hydrogen-bond donors (Lipinski definition) is 2. The van der Waals surface area contributed by atoms with E-state index < -0.39 is 12.1 Å². The fourth-order valence-electron chi connectivity index (χ4n) is 1.55. The van der Waals surface area contributed by atoms with Gasteiger partial charge >= 0.3 is 5.97 Å². The Bertz CT molecular complexity index is 495. The molecule has 1 amide bonds. The molecule has 0 aliphatic carbocycles. The first-order chi connectivity index (χ1) is 9.43. The van der Waals surface area contributed by atoms with Crippen LogP contribution in [-0.2, 0) is 20.7 Å². The highest BCUT2D eigenvalue weighted by molar-refractivity contribution is 9.10. The van der Waals surface area contributed by atoms with E-state index in [4.69, 9.17) is 5.11 Å². The molecule has 0 spiro atoms. The lowest BCUT2D eigenvalue weighted by atomic mass is 10.1. The van der Waals surface area contributed by atoms with Crippen molar-refractivity contribution >= 4 is 27.8 Å². The molecule has 5 nitrogen and oxygen atoms in total. The highest BCUT2D eigenvalue weighted by Crippen LogP contribution is 2.19. The smallest absolute Gasteiger partial charge is 0.334 e. The van der Waals surface area contributed by atoms with Gasteiger partial charge in [0.2, 0.25) is 5.91 Å². The van der Waals surface area contributed by atoms with Gasteiger partial charge in [-0.15, -0.1) is 0 Å². The second kappa shape index (κ2) is 7.96. The Hall–Kier alpha value is -1.47. The molecule has 0 aliphatic rings. The lowest BCUT2D eigenvalue weighted by Crippen LogP contribution is -2.37. The Kier molecular flexibility index (Phi) is 6.60. The summed E-state index contributed by atoms with van der Waals surface area (Å²) in [7, 11) is 1.26. The minimum absolute atomic E-state index is 0.102. The van der Waals surface area contributed by atoms with Gasteiger partial charge in [0.1, 0.15) is 5.82 Å². The van der Waals surface area contributed by atoms with Crippen molar-refractivity contribution in [1.29, 1.82) is 0 Å². The average molecular weight is 348 g/mol. The third kappa shape index (κ3) is 5.26. The molecule has 1 atom stereocenters. The van der Waals surface area contributed by atoms with Crippen molar-refractivity contribution in [3.8, 4) is 0 Å². The first-order valence-electron chi connectivity index (χ1n) is 5.90. The standard InChI is InChI=1S/C13H15BrFNO4/c1-20-11(13(18)19)7-16-12(17)5-2-8-6-9(15)3-4-10(8)14/h3-4,6,11H,2,5,7H2,1H3,(H,16,17)(H,18,19). The molecule has 0 heterocycles. The number of aryl methyl sites for hydroxylation is 1. The quantitative estimate of drug-likeness (QED) is 0.787. The molecule has 0 radical (unpaired) electrons. The zero-order chi connectivity index (χ0) is 15.1. The predicted octanol–water partition coefficient (Wildman–Crippen LogP) is 1.74. The number of benzene rings is 1. The third-order valence-corrected chi connectivity index (χ3v) is 3.45. The fourth-order valence-corrected chi connectivity index (χ4v) is 1.99. The van der Waals surface area contributed by atoms with Crippen molar-refractivity contribution in [3.05, 3.63) is 34.1 Å². The van der Waals surface area contributed by atoms with Gasteiger partial charge in [0.05, 0.1) is 6.54 Å². The number of methoxy groups -OCH3 is 1. The Balaban J connectivity index is 2.43. The van der Waals surface area contributed by atoms with Crippen LogP contribution in [0, 0.1) is 5.82 Å². The number of carbonyl (C=O) groups excluding carboxylic acids is 1. The minimum atomic E-state index is -1.14. The first kappa shape index (κ1) is 16.6. The molecule has 0 saturated heterocycles. The van der Waals surface area contributed by atoms with E-state index in [0.29, 0.717) is 12.0 Å². The molecule has 0 saturated carbocycles. The molecule has 0 bridgehead atoms. The molecule has 1 unspecified atom stereocenters. The van der Waals surface area contributed by atoms with Crippen LogP contribution < -0.4 is 5.32 Å². The Morgan fingerprint density at radius 3 is 2.80 bits per heavy atom. The number of halogens is 2. The number of nitrogens with one attached hydrogen (secondary N) is 1. The second-order valence-corrected chi connectivity index (χ2v) is 4.96. The lowest BCUT2D eigenvalue weighted by molar-refractivity contribution is -0.148. The number of rotatable bonds is 7. The number of amides is 1. The summed E-state index contributed by atoms with van der Waals surface area (Å²) in [5.41, 5.74) is 0.682. The van der Waals surface area contributed by atoms with Gasteiger partial charge in [0.15, 0.2) is 6.10 Å². The van der Waals surface area contributed by atoms with Gasteiger partial charge in [0, 0.05) is 18.0 Å². The zero-order valence-corrected chi connectivity index (χ0v) is 12.4. The molecule has 1 rings (SSSR count). The molecule has 0 aliphatic heterocycles. The van der Waals surface area contributed by atoms with Gasteiger partial charge < -0.3 is 15.2 Å². The van der Waals surface area contributed by atoms with E-state index in [0.717, 1.165) is 4.47 Å². The van der Waals surface area contributed by atoms with Crippen molar-refractivity contribution in [2.75, 3.05) is 13.7 Å². The lowest BCUT2D eigenvalue weighted by Gasteiger charge is -2.11. The predicted molar refractivity (Wildman–Crippen MR) is 73.9 cm³/mol. The number of hydrogen-bond acceptors (Lipinski definition) is 3. The van der Waals surface area contributed by atoms with E-state index in [9.17, 15) is 14.0 Å². The molecular weight excluding hydrogens is 333 g/mol. The molecule has 0 aromatic heterocycles. The van der Waals surface area contributed by atoms with E-state index in [1.807, 2.05) is 0 Å². The molecule has 1 aromatic carbocycles. The summed E-state index contributed by atoms with van der Waals surface area (Å²) in [6.45, 7) is -0.102. The minimum Gasteiger partial charge on any atom is -0.479 e. The van der Waals surface area contributed by atoms with Crippen molar-refractivity contribution in [1.82, 2.24) is 5.32 Å². The maximum absolute atomic E-state index is 13.1. The summed E-state index contributed by atoms with van der Waals surface area (Å²) in [4.78, 5) is 22.3. The van der Waals surface area contributed by atoms with Crippen LogP contribution in [0.3, 0.4) is 0 Å². The summed E-state index contributed by atoms with van der Waals surface area (Å²) < 4.78 is 18.5. The monoisotopic (exact) mass is 347 g/mol. The first-order valence-corrected chi connectivity index (χ1v) is 6.69. The van der Waals surface area contributed by atoms with Gasteiger partial charge in [-0.2, -0.15) is 0 Å². The molecule has 2 N–H and O–H groups in total.